The Kier molecular flexibility index (Phi) is 6.02. The summed E-state index contributed by atoms with van der Waals surface area (Å²) >= 11 is -1.13. The average molecular weight is 266 g/mol. The van der Waals surface area contributed by atoms with Crippen molar-refractivity contribution in [2.24, 2.45) is 5.92 Å². The van der Waals surface area contributed by atoms with Crippen molar-refractivity contribution in [3.63, 3.8) is 0 Å². The van der Waals surface area contributed by atoms with E-state index in [4.69, 9.17) is 13.7 Å². The van der Waals surface area contributed by atoms with Crippen LogP contribution in [0.2, 0.25) is 0 Å². The van der Waals surface area contributed by atoms with Gasteiger partial charge in [-0.15, -0.1) is 0 Å². The molecule has 102 valence electrons. The van der Waals surface area contributed by atoms with Crippen LogP contribution in [0.15, 0.2) is 0 Å². The van der Waals surface area contributed by atoms with Crippen LogP contribution in [0.25, 0.3) is 0 Å². The zero-order valence-electron chi connectivity index (χ0n) is 10.3. The van der Waals surface area contributed by atoms with Gasteiger partial charge in [0.15, 0.2) is 16.9 Å². The highest BCUT2D eigenvalue weighted by molar-refractivity contribution is 7.79. The maximum atomic E-state index is 10.7. The molecular weight excluding hydrogens is 244 g/mol. The van der Waals surface area contributed by atoms with Crippen LogP contribution in [-0.2, 0) is 24.7 Å². The molecule has 0 amide bonds. The first kappa shape index (κ1) is 15.0. The Bertz CT molecular complexity index is 242. The van der Waals surface area contributed by atoms with Gasteiger partial charge in [0.1, 0.15) is 0 Å². The molecule has 1 spiro atoms. The monoisotopic (exact) mass is 266 g/mol. The first-order valence-electron chi connectivity index (χ1n) is 5.95. The van der Waals surface area contributed by atoms with Gasteiger partial charge in [-0.3, -0.25) is 4.18 Å². The van der Waals surface area contributed by atoms with Crippen LogP contribution < -0.4 is 0 Å². The first-order valence-corrected chi connectivity index (χ1v) is 7.43. The van der Waals surface area contributed by atoms with Crippen molar-refractivity contribution in [3.05, 3.63) is 0 Å². The summed E-state index contributed by atoms with van der Waals surface area (Å²) in [5, 5.41) is 0. The standard InChI is InChI=1S/C11H20O4S.H2O/c1-16(12)15-7-4-10-2-5-11(6-3-10)13-8-9-14-11;/h10H,2-9H2,1H3;1H2. The molecule has 1 aliphatic carbocycles. The molecule has 0 bridgehead atoms. The van der Waals surface area contributed by atoms with Crippen LogP contribution in [0, 0.1) is 5.92 Å². The topological polar surface area (TPSA) is 76.3 Å². The van der Waals surface area contributed by atoms with Crippen LogP contribution in [0.1, 0.15) is 32.1 Å². The Morgan fingerprint density at radius 2 is 1.88 bits per heavy atom. The molecule has 17 heavy (non-hydrogen) atoms. The van der Waals surface area contributed by atoms with Gasteiger partial charge < -0.3 is 14.9 Å². The summed E-state index contributed by atoms with van der Waals surface area (Å²) in [5.41, 5.74) is 0. The van der Waals surface area contributed by atoms with Crippen LogP contribution in [0.3, 0.4) is 0 Å². The lowest BCUT2D eigenvalue weighted by molar-refractivity contribution is -0.182. The zero-order valence-corrected chi connectivity index (χ0v) is 11.1. The molecule has 6 heteroatoms. The fraction of sp³-hybridized carbons (Fsp3) is 1.00. The molecule has 1 atom stereocenters. The SMILES string of the molecule is CS(=O)OCCC1CCC2(CC1)OCCO2.O. The molecule has 2 rings (SSSR count). The van der Waals surface area contributed by atoms with Crippen LogP contribution in [0.4, 0.5) is 0 Å². The number of hydrogen-bond acceptors (Lipinski definition) is 4. The Morgan fingerprint density at radius 1 is 1.29 bits per heavy atom. The minimum Gasteiger partial charge on any atom is -0.412 e. The third-order valence-electron chi connectivity index (χ3n) is 3.46. The Hall–Kier alpha value is -0.0100. The van der Waals surface area contributed by atoms with Crippen molar-refractivity contribution in [2.75, 3.05) is 26.1 Å². The number of ether oxygens (including phenoxy) is 2. The van der Waals surface area contributed by atoms with Gasteiger partial charge in [0.2, 0.25) is 0 Å². The normalized spacial score (nSPS) is 25.7. The molecule has 0 aromatic rings. The summed E-state index contributed by atoms with van der Waals surface area (Å²) < 4.78 is 27.2. The minimum atomic E-state index is -1.13. The van der Waals surface area contributed by atoms with Gasteiger partial charge in [-0.1, -0.05) is 0 Å². The second kappa shape index (κ2) is 6.80. The molecule has 1 saturated carbocycles. The summed E-state index contributed by atoms with van der Waals surface area (Å²) in [6.45, 7) is 2.08. The highest BCUT2D eigenvalue weighted by Crippen LogP contribution is 2.39. The van der Waals surface area contributed by atoms with E-state index in [0.29, 0.717) is 12.5 Å². The average Bonchev–Trinajstić information content (AvgIpc) is 2.70. The van der Waals surface area contributed by atoms with Crippen molar-refractivity contribution in [2.45, 2.75) is 37.9 Å². The van der Waals surface area contributed by atoms with Gasteiger partial charge in [0.25, 0.3) is 0 Å². The van der Waals surface area contributed by atoms with E-state index in [0.717, 1.165) is 45.3 Å². The molecule has 2 N–H and O–H groups in total. The summed E-state index contributed by atoms with van der Waals surface area (Å²) in [7, 11) is 0. The number of rotatable bonds is 4. The fourth-order valence-corrected chi connectivity index (χ4v) is 2.85. The van der Waals surface area contributed by atoms with Crippen molar-refractivity contribution < 1.29 is 23.3 Å². The second-order valence-corrected chi connectivity index (χ2v) is 5.60. The van der Waals surface area contributed by atoms with E-state index in [1.54, 1.807) is 6.26 Å². The smallest absolute Gasteiger partial charge is 0.168 e. The molecule has 5 nitrogen and oxygen atoms in total. The number of hydrogen-bond donors (Lipinski definition) is 0. The largest absolute Gasteiger partial charge is 0.412 e. The fourth-order valence-electron chi connectivity index (χ4n) is 2.52. The summed E-state index contributed by atoms with van der Waals surface area (Å²) in [4.78, 5) is 0. The van der Waals surface area contributed by atoms with Gasteiger partial charge >= 0.3 is 0 Å². The van der Waals surface area contributed by atoms with Gasteiger partial charge in [0, 0.05) is 19.1 Å². The van der Waals surface area contributed by atoms with E-state index in [1.807, 2.05) is 0 Å². The molecule has 1 saturated heterocycles. The maximum absolute atomic E-state index is 10.7. The molecule has 1 aliphatic heterocycles. The van der Waals surface area contributed by atoms with Crippen molar-refractivity contribution in [1.29, 1.82) is 0 Å². The van der Waals surface area contributed by atoms with Gasteiger partial charge in [-0.25, -0.2) is 4.21 Å². The summed E-state index contributed by atoms with van der Waals surface area (Å²) in [6, 6.07) is 0. The highest BCUT2D eigenvalue weighted by Gasteiger charge is 2.39. The molecule has 2 aliphatic rings. The van der Waals surface area contributed by atoms with E-state index in [9.17, 15) is 4.21 Å². The zero-order chi connectivity index (χ0) is 11.4. The first-order chi connectivity index (χ1) is 7.70. The summed E-state index contributed by atoms with van der Waals surface area (Å²) in [5.74, 6) is 0.410. The molecular formula is C11H22O5S. The predicted molar refractivity (Wildman–Crippen MR) is 64.8 cm³/mol. The molecule has 1 unspecified atom stereocenters. The maximum Gasteiger partial charge on any atom is 0.168 e. The Morgan fingerprint density at radius 3 is 2.41 bits per heavy atom. The van der Waals surface area contributed by atoms with Crippen LogP contribution in [-0.4, -0.2) is 41.5 Å². The molecule has 0 aromatic carbocycles. The van der Waals surface area contributed by atoms with Crippen molar-refractivity contribution >= 4 is 11.1 Å². The Labute approximate surface area is 105 Å². The van der Waals surface area contributed by atoms with Crippen molar-refractivity contribution in [1.82, 2.24) is 0 Å². The molecule has 0 aromatic heterocycles. The van der Waals surface area contributed by atoms with E-state index in [1.165, 1.54) is 0 Å². The third-order valence-corrected chi connectivity index (χ3v) is 3.95. The van der Waals surface area contributed by atoms with E-state index >= 15 is 0 Å². The quantitative estimate of drug-likeness (QED) is 0.754. The lowest BCUT2D eigenvalue weighted by Gasteiger charge is -2.35. The highest BCUT2D eigenvalue weighted by atomic mass is 32.2. The summed E-state index contributed by atoms with van der Waals surface area (Å²) in [6.07, 6.45) is 6.80. The lowest BCUT2D eigenvalue weighted by Crippen LogP contribution is -2.35. The van der Waals surface area contributed by atoms with Gasteiger partial charge in [-0.2, -0.15) is 0 Å². The van der Waals surface area contributed by atoms with Crippen LogP contribution in [0.5, 0.6) is 0 Å². The molecule has 0 radical (unpaired) electrons. The van der Waals surface area contributed by atoms with E-state index in [2.05, 4.69) is 0 Å². The predicted octanol–water partition coefficient (Wildman–Crippen LogP) is 0.795. The van der Waals surface area contributed by atoms with Crippen LogP contribution >= 0.6 is 0 Å². The van der Waals surface area contributed by atoms with E-state index in [-0.39, 0.29) is 11.3 Å². The Balaban J connectivity index is 0.00000144. The van der Waals surface area contributed by atoms with Crippen molar-refractivity contribution in [3.8, 4) is 0 Å². The van der Waals surface area contributed by atoms with E-state index < -0.39 is 11.1 Å². The second-order valence-electron chi connectivity index (χ2n) is 4.56. The lowest BCUT2D eigenvalue weighted by atomic mass is 9.83. The third kappa shape index (κ3) is 4.30. The molecule has 1 heterocycles. The minimum absolute atomic E-state index is 0. The van der Waals surface area contributed by atoms with Gasteiger partial charge in [-0.05, 0) is 25.2 Å². The van der Waals surface area contributed by atoms with Gasteiger partial charge in [0.05, 0.1) is 19.8 Å². The molecule has 2 fully saturated rings.